The maximum absolute atomic E-state index is 6.40. The molecule has 1 heterocycles. The van der Waals surface area contributed by atoms with Crippen LogP contribution in [0.4, 0.5) is 5.69 Å². The lowest BCUT2D eigenvalue weighted by molar-refractivity contribution is 0.485. The molecule has 3 heteroatoms. The second-order valence-electron chi connectivity index (χ2n) is 5.25. The Balaban J connectivity index is 2.22. The lowest BCUT2D eigenvalue weighted by Crippen LogP contribution is -2.37. The lowest BCUT2D eigenvalue weighted by atomic mass is 10.0. The monoisotopic (exact) mass is 266 g/mol. The van der Waals surface area contributed by atoms with Crippen LogP contribution < -0.4 is 10.2 Å². The van der Waals surface area contributed by atoms with Gasteiger partial charge < -0.3 is 10.2 Å². The third-order valence-electron chi connectivity index (χ3n) is 4.02. The van der Waals surface area contributed by atoms with Crippen molar-refractivity contribution in [2.24, 2.45) is 0 Å². The van der Waals surface area contributed by atoms with Crippen molar-refractivity contribution in [2.75, 3.05) is 18.5 Å². The number of rotatable bonds is 3. The van der Waals surface area contributed by atoms with Gasteiger partial charge in [0.25, 0.3) is 0 Å². The van der Waals surface area contributed by atoms with Crippen LogP contribution in [-0.2, 0) is 0 Å². The van der Waals surface area contributed by atoms with Crippen LogP contribution in [0.25, 0.3) is 0 Å². The van der Waals surface area contributed by atoms with Crippen LogP contribution in [-0.4, -0.2) is 19.6 Å². The molecule has 0 amide bonds. The summed E-state index contributed by atoms with van der Waals surface area (Å²) >= 11 is 6.40. The van der Waals surface area contributed by atoms with Crippen molar-refractivity contribution in [3.8, 4) is 0 Å². The third-order valence-corrected chi connectivity index (χ3v) is 4.35. The summed E-state index contributed by atoms with van der Waals surface area (Å²) in [5.74, 6) is 0. The second kappa shape index (κ2) is 5.94. The van der Waals surface area contributed by atoms with Gasteiger partial charge in [-0.3, -0.25) is 0 Å². The first-order valence-electron chi connectivity index (χ1n) is 6.87. The molecule has 1 aliphatic heterocycles. The largest absolute Gasteiger partial charge is 0.369 e. The van der Waals surface area contributed by atoms with Crippen LogP contribution in [0.3, 0.4) is 0 Å². The number of benzene rings is 1. The molecular weight excluding hydrogens is 244 g/mol. The molecule has 0 spiro atoms. The van der Waals surface area contributed by atoms with Gasteiger partial charge in [0.05, 0.1) is 0 Å². The van der Waals surface area contributed by atoms with E-state index in [1.54, 1.807) is 0 Å². The molecule has 1 N–H and O–H groups in total. The zero-order valence-electron chi connectivity index (χ0n) is 11.5. The fourth-order valence-electron chi connectivity index (χ4n) is 2.68. The molecule has 0 bridgehead atoms. The predicted octanol–water partition coefficient (Wildman–Crippen LogP) is 4.00. The summed E-state index contributed by atoms with van der Waals surface area (Å²) in [7, 11) is 1.96. The van der Waals surface area contributed by atoms with Crippen molar-refractivity contribution >= 4 is 17.3 Å². The number of halogens is 1. The number of hydrogen-bond donors (Lipinski definition) is 1. The lowest BCUT2D eigenvalue weighted by Gasteiger charge is -2.35. The van der Waals surface area contributed by atoms with Gasteiger partial charge in [0.15, 0.2) is 0 Å². The van der Waals surface area contributed by atoms with E-state index in [9.17, 15) is 0 Å². The van der Waals surface area contributed by atoms with Crippen molar-refractivity contribution in [1.29, 1.82) is 0 Å². The van der Waals surface area contributed by atoms with Gasteiger partial charge in [0.1, 0.15) is 0 Å². The van der Waals surface area contributed by atoms with Crippen LogP contribution in [0.1, 0.15) is 44.7 Å². The third kappa shape index (κ3) is 2.81. The highest BCUT2D eigenvalue weighted by Crippen LogP contribution is 2.31. The minimum Gasteiger partial charge on any atom is -0.369 e. The van der Waals surface area contributed by atoms with E-state index in [4.69, 9.17) is 11.6 Å². The SMILES string of the molecule is CNC(C)c1ccc(N2CCCCC2C)cc1Cl. The second-order valence-corrected chi connectivity index (χ2v) is 5.66. The van der Waals surface area contributed by atoms with Crippen molar-refractivity contribution in [1.82, 2.24) is 5.32 Å². The Kier molecular flexibility index (Phi) is 4.52. The smallest absolute Gasteiger partial charge is 0.0474 e. The average molecular weight is 267 g/mol. The van der Waals surface area contributed by atoms with Gasteiger partial charge in [-0.25, -0.2) is 0 Å². The van der Waals surface area contributed by atoms with E-state index in [0.29, 0.717) is 12.1 Å². The average Bonchev–Trinajstić information content (AvgIpc) is 2.38. The van der Waals surface area contributed by atoms with Crippen molar-refractivity contribution in [3.63, 3.8) is 0 Å². The molecule has 0 radical (unpaired) electrons. The van der Waals surface area contributed by atoms with Gasteiger partial charge in [-0.1, -0.05) is 17.7 Å². The number of hydrogen-bond acceptors (Lipinski definition) is 2. The Hall–Kier alpha value is -0.730. The van der Waals surface area contributed by atoms with Gasteiger partial charge in [-0.15, -0.1) is 0 Å². The van der Waals surface area contributed by atoms with Crippen molar-refractivity contribution < 1.29 is 0 Å². The van der Waals surface area contributed by atoms with Gasteiger partial charge in [-0.2, -0.15) is 0 Å². The molecule has 1 aliphatic rings. The summed E-state index contributed by atoms with van der Waals surface area (Å²) in [4.78, 5) is 2.48. The predicted molar refractivity (Wildman–Crippen MR) is 79.6 cm³/mol. The van der Waals surface area contributed by atoms with Crippen LogP contribution in [0.15, 0.2) is 18.2 Å². The molecule has 2 atom stereocenters. The molecular formula is C15H23ClN2. The fourth-order valence-corrected chi connectivity index (χ4v) is 3.02. The number of nitrogens with zero attached hydrogens (tertiary/aromatic N) is 1. The van der Waals surface area contributed by atoms with Crippen LogP contribution in [0.2, 0.25) is 5.02 Å². The van der Waals surface area contributed by atoms with E-state index < -0.39 is 0 Å². The Morgan fingerprint density at radius 1 is 1.39 bits per heavy atom. The topological polar surface area (TPSA) is 15.3 Å². The maximum Gasteiger partial charge on any atom is 0.0474 e. The molecule has 2 nitrogen and oxygen atoms in total. The minimum atomic E-state index is 0.297. The first kappa shape index (κ1) is 13.7. The van der Waals surface area contributed by atoms with Crippen molar-refractivity contribution in [3.05, 3.63) is 28.8 Å². The molecule has 1 fully saturated rings. The highest BCUT2D eigenvalue weighted by Gasteiger charge is 2.19. The van der Waals surface area contributed by atoms with E-state index in [2.05, 4.69) is 42.3 Å². The summed E-state index contributed by atoms with van der Waals surface area (Å²) in [5, 5.41) is 4.10. The molecule has 100 valence electrons. The van der Waals surface area contributed by atoms with E-state index in [0.717, 1.165) is 11.6 Å². The highest BCUT2D eigenvalue weighted by molar-refractivity contribution is 6.31. The van der Waals surface area contributed by atoms with E-state index in [1.807, 2.05) is 7.05 Å². The number of nitrogens with one attached hydrogen (secondary N) is 1. The Labute approximate surface area is 115 Å². The maximum atomic E-state index is 6.40. The normalized spacial score (nSPS) is 22.0. The first-order valence-corrected chi connectivity index (χ1v) is 7.24. The van der Waals surface area contributed by atoms with Gasteiger partial charge in [0.2, 0.25) is 0 Å². The van der Waals surface area contributed by atoms with E-state index >= 15 is 0 Å². The molecule has 0 saturated carbocycles. The molecule has 2 unspecified atom stereocenters. The standard InChI is InChI=1S/C15H23ClN2/c1-11-6-4-5-9-18(11)13-7-8-14(12(2)17-3)15(16)10-13/h7-8,10-12,17H,4-6,9H2,1-3H3. The Morgan fingerprint density at radius 3 is 2.78 bits per heavy atom. The summed E-state index contributed by atoms with van der Waals surface area (Å²) in [5.41, 5.74) is 2.44. The number of piperidine rings is 1. The molecule has 0 aromatic heterocycles. The summed E-state index contributed by atoms with van der Waals surface area (Å²) in [6.45, 7) is 5.58. The van der Waals surface area contributed by atoms with Crippen molar-refractivity contribution in [2.45, 2.75) is 45.2 Å². The van der Waals surface area contributed by atoms with Crippen LogP contribution >= 0.6 is 11.6 Å². The highest BCUT2D eigenvalue weighted by atomic mass is 35.5. The first-order chi connectivity index (χ1) is 8.63. The van der Waals surface area contributed by atoms with E-state index in [1.165, 1.54) is 30.5 Å². The molecule has 1 aromatic rings. The summed E-state index contributed by atoms with van der Waals surface area (Å²) in [6.07, 6.45) is 3.92. The molecule has 2 rings (SSSR count). The summed E-state index contributed by atoms with van der Waals surface area (Å²) < 4.78 is 0. The summed E-state index contributed by atoms with van der Waals surface area (Å²) in [6, 6.07) is 7.40. The minimum absolute atomic E-state index is 0.297. The fraction of sp³-hybridized carbons (Fsp3) is 0.600. The van der Waals surface area contributed by atoms with Gasteiger partial charge >= 0.3 is 0 Å². The molecule has 1 aromatic carbocycles. The van der Waals surface area contributed by atoms with Gasteiger partial charge in [-0.05, 0) is 57.9 Å². The molecule has 1 saturated heterocycles. The van der Waals surface area contributed by atoms with Crippen LogP contribution in [0.5, 0.6) is 0 Å². The van der Waals surface area contributed by atoms with E-state index in [-0.39, 0.29) is 0 Å². The van der Waals surface area contributed by atoms with Gasteiger partial charge in [0, 0.05) is 29.3 Å². The Bertz CT molecular complexity index is 405. The van der Waals surface area contributed by atoms with Crippen LogP contribution in [0, 0.1) is 0 Å². The molecule has 0 aliphatic carbocycles. The zero-order chi connectivity index (χ0) is 13.1. The Morgan fingerprint density at radius 2 is 2.17 bits per heavy atom. The quantitative estimate of drug-likeness (QED) is 0.890. The number of anilines is 1. The molecule has 18 heavy (non-hydrogen) atoms. The zero-order valence-corrected chi connectivity index (χ0v) is 12.3.